The van der Waals surface area contributed by atoms with Crippen LogP contribution in [0, 0.1) is 0 Å². The molecule has 2 N–H and O–H groups in total. The highest BCUT2D eigenvalue weighted by Crippen LogP contribution is 2.11. The predicted molar refractivity (Wildman–Crippen MR) is 78.5 cm³/mol. The maximum atomic E-state index is 11.8. The van der Waals surface area contributed by atoms with Crippen LogP contribution < -0.4 is 5.73 Å². The smallest absolute Gasteiger partial charge is 0.375 e. The van der Waals surface area contributed by atoms with E-state index in [-0.39, 0.29) is 0 Å². The Labute approximate surface area is 122 Å². The molecule has 1 fully saturated rings. The highest BCUT2D eigenvalue weighted by atomic mass is 32.2. The quantitative estimate of drug-likeness (QED) is 0.671. The van der Waals surface area contributed by atoms with Gasteiger partial charge >= 0.3 is 12.1 Å². The molecular weight excluding hydrogens is 276 g/mol. The third-order valence-electron chi connectivity index (χ3n) is 3.06. The van der Waals surface area contributed by atoms with Crippen molar-refractivity contribution in [1.82, 2.24) is 4.90 Å². The number of ether oxygens (including phenoxy) is 1. The number of hydrogen-bond acceptors (Lipinski definition) is 5. The lowest BCUT2D eigenvalue weighted by Crippen LogP contribution is -2.43. The molecule has 0 radical (unpaired) electrons. The van der Waals surface area contributed by atoms with Crippen molar-refractivity contribution in [2.24, 2.45) is 5.73 Å². The molecule has 0 spiro atoms. The number of hydrogen-bond donors (Lipinski definition) is 1. The lowest BCUT2D eigenvalue weighted by atomic mass is 10.1. The SMILES string of the molecule is N[C@@H](Cc1ccccc1)C(=O)OC(=O)N1CCSCC1. The second-order valence-electron chi connectivity index (χ2n) is 4.58. The molecule has 1 aromatic rings. The van der Waals surface area contributed by atoms with Crippen LogP contribution in [-0.4, -0.2) is 47.6 Å². The Balaban J connectivity index is 1.82. The summed E-state index contributed by atoms with van der Waals surface area (Å²) >= 11 is 1.78. The maximum Gasteiger partial charge on any atom is 0.417 e. The summed E-state index contributed by atoms with van der Waals surface area (Å²) in [5.41, 5.74) is 6.72. The summed E-state index contributed by atoms with van der Waals surface area (Å²) in [4.78, 5) is 25.1. The molecule has 1 aliphatic rings. The second kappa shape index (κ2) is 7.31. The highest BCUT2D eigenvalue weighted by molar-refractivity contribution is 7.99. The van der Waals surface area contributed by atoms with Gasteiger partial charge in [-0.3, -0.25) is 0 Å². The molecule has 5 nitrogen and oxygen atoms in total. The van der Waals surface area contributed by atoms with Crippen molar-refractivity contribution >= 4 is 23.8 Å². The van der Waals surface area contributed by atoms with Gasteiger partial charge in [0, 0.05) is 24.6 Å². The Morgan fingerprint density at radius 2 is 1.90 bits per heavy atom. The Hall–Kier alpha value is -1.53. The fraction of sp³-hybridized carbons (Fsp3) is 0.429. The first kappa shape index (κ1) is 14.9. The van der Waals surface area contributed by atoms with Gasteiger partial charge in [-0.05, 0) is 12.0 Å². The largest absolute Gasteiger partial charge is 0.417 e. The molecule has 6 heteroatoms. The average molecular weight is 294 g/mol. The number of nitrogens with zero attached hydrogens (tertiary/aromatic N) is 1. The van der Waals surface area contributed by atoms with E-state index in [1.165, 1.54) is 0 Å². The number of thioether (sulfide) groups is 1. The molecule has 1 saturated heterocycles. The number of carbonyl (C=O) groups excluding carboxylic acids is 2. The molecule has 0 aliphatic carbocycles. The topological polar surface area (TPSA) is 72.6 Å². The lowest BCUT2D eigenvalue weighted by molar-refractivity contribution is -0.139. The molecule has 20 heavy (non-hydrogen) atoms. The zero-order chi connectivity index (χ0) is 14.4. The second-order valence-corrected chi connectivity index (χ2v) is 5.81. The molecule has 108 valence electrons. The van der Waals surface area contributed by atoms with Crippen LogP contribution in [0.25, 0.3) is 0 Å². The van der Waals surface area contributed by atoms with Crippen molar-refractivity contribution in [1.29, 1.82) is 0 Å². The van der Waals surface area contributed by atoms with Gasteiger partial charge < -0.3 is 15.4 Å². The van der Waals surface area contributed by atoms with Gasteiger partial charge in [0.15, 0.2) is 0 Å². The van der Waals surface area contributed by atoms with Crippen LogP contribution in [0.2, 0.25) is 0 Å². The zero-order valence-corrected chi connectivity index (χ0v) is 12.0. The standard InChI is InChI=1S/C14H18N2O3S/c15-12(10-11-4-2-1-3-5-11)13(17)19-14(18)16-6-8-20-9-7-16/h1-5,12H,6-10,15H2/t12-/m0/s1. The highest BCUT2D eigenvalue weighted by Gasteiger charge is 2.24. The third-order valence-corrected chi connectivity index (χ3v) is 4.00. The van der Waals surface area contributed by atoms with Gasteiger partial charge in [-0.25, -0.2) is 9.59 Å². The minimum atomic E-state index is -0.819. The van der Waals surface area contributed by atoms with Gasteiger partial charge in [-0.15, -0.1) is 0 Å². The van der Waals surface area contributed by atoms with Crippen molar-refractivity contribution in [2.45, 2.75) is 12.5 Å². The van der Waals surface area contributed by atoms with Gasteiger partial charge in [0.25, 0.3) is 0 Å². The van der Waals surface area contributed by atoms with Gasteiger partial charge in [0.1, 0.15) is 6.04 Å². The normalized spacial score (nSPS) is 16.6. The molecule has 1 atom stereocenters. The van der Waals surface area contributed by atoms with E-state index in [2.05, 4.69) is 0 Å². The van der Waals surface area contributed by atoms with Gasteiger partial charge in [0.2, 0.25) is 0 Å². The summed E-state index contributed by atoms with van der Waals surface area (Å²) in [6.45, 7) is 1.23. The number of amides is 1. The van der Waals surface area contributed by atoms with Crippen LogP contribution in [0.4, 0.5) is 4.79 Å². The number of carbonyl (C=O) groups is 2. The maximum absolute atomic E-state index is 11.8. The number of benzene rings is 1. The number of nitrogens with two attached hydrogens (primary N) is 1. The number of esters is 1. The third kappa shape index (κ3) is 4.25. The fourth-order valence-electron chi connectivity index (χ4n) is 1.92. The first-order valence-electron chi connectivity index (χ1n) is 6.54. The van der Waals surface area contributed by atoms with Crippen molar-refractivity contribution in [3.63, 3.8) is 0 Å². The summed E-state index contributed by atoms with van der Waals surface area (Å²) in [6, 6.07) is 8.60. The summed E-state index contributed by atoms with van der Waals surface area (Å²) in [5, 5.41) is 0. The molecule has 0 saturated carbocycles. The zero-order valence-electron chi connectivity index (χ0n) is 11.2. The Bertz CT molecular complexity index is 461. The molecular formula is C14H18N2O3S. The van der Waals surface area contributed by atoms with Crippen LogP contribution in [0.5, 0.6) is 0 Å². The van der Waals surface area contributed by atoms with Crippen molar-refractivity contribution in [3.05, 3.63) is 35.9 Å². The van der Waals surface area contributed by atoms with E-state index in [9.17, 15) is 9.59 Å². The Morgan fingerprint density at radius 1 is 1.25 bits per heavy atom. The minimum Gasteiger partial charge on any atom is -0.375 e. The van der Waals surface area contributed by atoms with E-state index in [0.29, 0.717) is 19.5 Å². The summed E-state index contributed by atoms with van der Waals surface area (Å²) in [7, 11) is 0. The first-order valence-corrected chi connectivity index (χ1v) is 7.70. The minimum absolute atomic E-state index is 0.364. The van der Waals surface area contributed by atoms with Gasteiger partial charge in [0.05, 0.1) is 0 Å². The molecule has 1 aromatic carbocycles. The molecule has 1 amide bonds. The van der Waals surface area contributed by atoms with E-state index in [1.807, 2.05) is 30.3 Å². The van der Waals surface area contributed by atoms with E-state index < -0.39 is 18.1 Å². The van der Waals surface area contributed by atoms with Crippen LogP contribution >= 0.6 is 11.8 Å². The van der Waals surface area contributed by atoms with E-state index >= 15 is 0 Å². The molecule has 2 rings (SSSR count). The number of rotatable bonds is 3. The Morgan fingerprint density at radius 3 is 2.55 bits per heavy atom. The molecule has 0 aromatic heterocycles. The first-order chi connectivity index (χ1) is 9.66. The molecule has 1 aliphatic heterocycles. The van der Waals surface area contributed by atoms with Crippen molar-refractivity contribution < 1.29 is 14.3 Å². The molecule has 0 unspecified atom stereocenters. The monoisotopic (exact) mass is 294 g/mol. The van der Waals surface area contributed by atoms with Gasteiger partial charge in [-0.2, -0.15) is 11.8 Å². The van der Waals surface area contributed by atoms with E-state index in [4.69, 9.17) is 10.5 Å². The van der Waals surface area contributed by atoms with E-state index in [1.54, 1.807) is 16.7 Å². The summed E-state index contributed by atoms with van der Waals surface area (Å²) < 4.78 is 4.84. The van der Waals surface area contributed by atoms with Crippen molar-refractivity contribution in [2.75, 3.05) is 24.6 Å². The molecule has 0 bridgehead atoms. The van der Waals surface area contributed by atoms with E-state index in [0.717, 1.165) is 17.1 Å². The van der Waals surface area contributed by atoms with Crippen LogP contribution in [-0.2, 0) is 16.0 Å². The Kier molecular flexibility index (Phi) is 5.43. The average Bonchev–Trinajstić information content (AvgIpc) is 2.49. The van der Waals surface area contributed by atoms with Crippen LogP contribution in [0.15, 0.2) is 30.3 Å². The lowest BCUT2D eigenvalue weighted by Gasteiger charge is -2.25. The summed E-state index contributed by atoms with van der Waals surface area (Å²) in [6.07, 6.45) is -0.221. The van der Waals surface area contributed by atoms with Crippen molar-refractivity contribution in [3.8, 4) is 0 Å². The fourth-order valence-corrected chi connectivity index (χ4v) is 2.83. The van der Waals surface area contributed by atoms with Gasteiger partial charge in [-0.1, -0.05) is 30.3 Å². The van der Waals surface area contributed by atoms with Crippen LogP contribution in [0.3, 0.4) is 0 Å². The molecule has 1 heterocycles. The van der Waals surface area contributed by atoms with Crippen LogP contribution in [0.1, 0.15) is 5.56 Å². The predicted octanol–water partition coefficient (Wildman–Crippen LogP) is 1.27. The summed E-state index contributed by atoms with van der Waals surface area (Å²) in [5.74, 6) is 1.08.